The van der Waals surface area contributed by atoms with Gasteiger partial charge in [-0.15, -0.1) is 0 Å². The van der Waals surface area contributed by atoms with Gasteiger partial charge in [-0.05, 0) is 25.0 Å². The lowest BCUT2D eigenvalue weighted by Gasteiger charge is -2.24. The first-order valence-corrected chi connectivity index (χ1v) is 7.81. The van der Waals surface area contributed by atoms with Crippen LogP contribution in [-0.2, 0) is 10.8 Å². The van der Waals surface area contributed by atoms with E-state index in [1.54, 1.807) is 12.1 Å². The van der Waals surface area contributed by atoms with Crippen molar-refractivity contribution in [3.05, 3.63) is 18.2 Å². The van der Waals surface area contributed by atoms with Gasteiger partial charge in [0, 0.05) is 40.1 Å². The number of anilines is 1. The summed E-state index contributed by atoms with van der Waals surface area (Å²) in [6, 6.07) is 5.04. The molecule has 1 aromatic carbocycles. The monoisotopic (exact) mass is 305 g/mol. The van der Waals surface area contributed by atoms with Gasteiger partial charge in [-0.25, -0.2) is 0 Å². The number of halogens is 2. The van der Waals surface area contributed by atoms with Crippen LogP contribution in [0.5, 0.6) is 11.5 Å². The number of ether oxygens (including phenoxy) is 2. The quantitative estimate of drug-likeness (QED) is 0.908. The maximum Gasteiger partial charge on any atom is 0.387 e. The molecule has 0 bridgehead atoms. The van der Waals surface area contributed by atoms with Crippen molar-refractivity contribution in [3.63, 3.8) is 0 Å². The van der Waals surface area contributed by atoms with E-state index in [0.717, 1.165) is 12.8 Å². The average molecular weight is 305 g/mol. The smallest absolute Gasteiger partial charge is 0.387 e. The first-order chi connectivity index (χ1) is 9.58. The van der Waals surface area contributed by atoms with E-state index in [0.29, 0.717) is 17.2 Å². The third-order valence-electron chi connectivity index (χ3n) is 3.14. The molecule has 112 valence electrons. The van der Waals surface area contributed by atoms with E-state index in [9.17, 15) is 13.0 Å². The molecule has 0 atom stereocenters. The molecule has 2 rings (SSSR count). The third-order valence-corrected chi connectivity index (χ3v) is 4.52. The van der Waals surface area contributed by atoms with Gasteiger partial charge in [0.25, 0.3) is 0 Å². The molecule has 0 saturated carbocycles. The van der Waals surface area contributed by atoms with Crippen molar-refractivity contribution in [1.29, 1.82) is 0 Å². The molecule has 1 N–H and O–H groups in total. The van der Waals surface area contributed by atoms with E-state index in [1.807, 2.05) is 0 Å². The molecule has 0 spiro atoms. The Balaban J connectivity index is 2.06. The van der Waals surface area contributed by atoms with Crippen LogP contribution in [-0.4, -0.2) is 35.5 Å². The van der Waals surface area contributed by atoms with Gasteiger partial charge >= 0.3 is 6.61 Å². The molecule has 1 aromatic rings. The third kappa shape index (κ3) is 4.06. The van der Waals surface area contributed by atoms with Crippen LogP contribution in [0.15, 0.2) is 18.2 Å². The number of hydrogen-bond donors (Lipinski definition) is 1. The summed E-state index contributed by atoms with van der Waals surface area (Å²) in [5.41, 5.74) is 0.694. The van der Waals surface area contributed by atoms with E-state index in [2.05, 4.69) is 10.1 Å². The van der Waals surface area contributed by atoms with E-state index in [4.69, 9.17) is 4.74 Å². The van der Waals surface area contributed by atoms with Crippen molar-refractivity contribution in [2.75, 3.05) is 23.9 Å². The fraction of sp³-hybridized carbons (Fsp3) is 0.538. The molecule has 1 fully saturated rings. The minimum Gasteiger partial charge on any atom is -0.493 e. The fourth-order valence-corrected chi connectivity index (χ4v) is 3.43. The van der Waals surface area contributed by atoms with Crippen molar-refractivity contribution in [1.82, 2.24) is 0 Å². The Morgan fingerprint density at radius 3 is 2.60 bits per heavy atom. The van der Waals surface area contributed by atoms with Crippen molar-refractivity contribution >= 4 is 16.5 Å². The second-order valence-electron chi connectivity index (χ2n) is 4.51. The highest BCUT2D eigenvalue weighted by Crippen LogP contribution is 2.32. The molecule has 20 heavy (non-hydrogen) atoms. The van der Waals surface area contributed by atoms with Gasteiger partial charge in [-0.1, -0.05) is 0 Å². The first kappa shape index (κ1) is 15.0. The molecular weight excluding hydrogens is 288 g/mol. The van der Waals surface area contributed by atoms with Crippen molar-refractivity contribution in [3.8, 4) is 11.5 Å². The lowest BCUT2D eigenvalue weighted by Crippen LogP contribution is -2.29. The molecule has 1 saturated heterocycles. The van der Waals surface area contributed by atoms with Crippen LogP contribution >= 0.6 is 0 Å². The Hall–Kier alpha value is -1.37. The molecule has 0 unspecified atom stereocenters. The predicted octanol–water partition coefficient (Wildman–Crippen LogP) is 2.62. The fourth-order valence-electron chi connectivity index (χ4n) is 2.13. The summed E-state index contributed by atoms with van der Waals surface area (Å²) in [4.78, 5) is 0. The van der Waals surface area contributed by atoms with E-state index >= 15 is 0 Å². The number of benzene rings is 1. The molecule has 1 heterocycles. The molecule has 1 aliphatic rings. The van der Waals surface area contributed by atoms with Crippen LogP contribution < -0.4 is 14.8 Å². The van der Waals surface area contributed by atoms with Gasteiger partial charge < -0.3 is 14.8 Å². The standard InChI is InChI=1S/C13H17F2NO3S/c1-18-11-3-2-10(8-12(11)19-13(14)15)16-9-4-6-20(17)7-5-9/h2-3,8-9,13,16H,4-7H2,1H3. The molecule has 4 nitrogen and oxygen atoms in total. The zero-order chi connectivity index (χ0) is 14.5. The van der Waals surface area contributed by atoms with Crippen LogP contribution in [0.4, 0.5) is 14.5 Å². The SMILES string of the molecule is COc1ccc(NC2CCS(=O)CC2)cc1OC(F)F. The van der Waals surface area contributed by atoms with Gasteiger partial charge in [-0.3, -0.25) is 4.21 Å². The van der Waals surface area contributed by atoms with Crippen molar-refractivity contribution in [2.24, 2.45) is 0 Å². The summed E-state index contributed by atoms with van der Waals surface area (Å²) >= 11 is 0. The second kappa shape index (κ2) is 6.88. The zero-order valence-electron chi connectivity index (χ0n) is 11.1. The Morgan fingerprint density at radius 1 is 1.30 bits per heavy atom. The van der Waals surface area contributed by atoms with E-state index < -0.39 is 17.4 Å². The van der Waals surface area contributed by atoms with E-state index in [1.165, 1.54) is 13.2 Å². The molecule has 1 aliphatic heterocycles. The summed E-state index contributed by atoms with van der Waals surface area (Å²) < 4.78 is 45.4. The highest BCUT2D eigenvalue weighted by atomic mass is 32.2. The maximum absolute atomic E-state index is 12.3. The normalized spacial score (nSPS) is 22.6. The van der Waals surface area contributed by atoms with Crippen molar-refractivity contribution in [2.45, 2.75) is 25.5 Å². The van der Waals surface area contributed by atoms with Crippen LogP contribution in [0.1, 0.15) is 12.8 Å². The highest BCUT2D eigenvalue weighted by Gasteiger charge is 2.18. The van der Waals surface area contributed by atoms with Crippen LogP contribution in [0.25, 0.3) is 0 Å². The van der Waals surface area contributed by atoms with Gasteiger partial charge in [0.05, 0.1) is 7.11 Å². The minimum atomic E-state index is -2.89. The highest BCUT2D eigenvalue weighted by molar-refractivity contribution is 7.85. The molecule has 0 radical (unpaired) electrons. The number of methoxy groups -OCH3 is 1. The summed E-state index contributed by atoms with van der Waals surface area (Å²) in [7, 11) is 0.680. The number of alkyl halides is 2. The van der Waals surface area contributed by atoms with E-state index in [-0.39, 0.29) is 17.5 Å². The molecule has 0 aliphatic carbocycles. The Kier molecular flexibility index (Phi) is 5.17. The Morgan fingerprint density at radius 2 is 2.00 bits per heavy atom. The van der Waals surface area contributed by atoms with Gasteiger partial charge in [-0.2, -0.15) is 8.78 Å². The largest absolute Gasteiger partial charge is 0.493 e. The lowest BCUT2D eigenvalue weighted by molar-refractivity contribution is -0.0511. The van der Waals surface area contributed by atoms with Gasteiger partial charge in [0.1, 0.15) is 0 Å². The number of nitrogens with one attached hydrogen (secondary N) is 1. The second-order valence-corrected chi connectivity index (χ2v) is 6.21. The Labute approximate surface area is 118 Å². The topological polar surface area (TPSA) is 47.6 Å². The average Bonchev–Trinajstić information content (AvgIpc) is 2.41. The van der Waals surface area contributed by atoms with Crippen LogP contribution in [0.2, 0.25) is 0 Å². The van der Waals surface area contributed by atoms with Crippen molar-refractivity contribution < 1.29 is 22.5 Å². The summed E-state index contributed by atoms with van der Waals surface area (Å²) in [6.45, 7) is -2.89. The summed E-state index contributed by atoms with van der Waals surface area (Å²) in [6.07, 6.45) is 1.62. The maximum atomic E-state index is 12.3. The Bertz CT molecular complexity index is 475. The molecule has 7 heteroatoms. The van der Waals surface area contributed by atoms with Gasteiger partial charge in [0.2, 0.25) is 0 Å². The summed E-state index contributed by atoms with van der Waals surface area (Å²) in [5.74, 6) is 1.62. The zero-order valence-corrected chi connectivity index (χ0v) is 11.9. The first-order valence-electron chi connectivity index (χ1n) is 6.33. The van der Waals surface area contributed by atoms with Crippen LogP contribution in [0.3, 0.4) is 0 Å². The number of rotatable bonds is 5. The molecular formula is C13H17F2NO3S. The minimum absolute atomic E-state index is 0.00638. The molecule has 0 aromatic heterocycles. The predicted molar refractivity (Wildman–Crippen MR) is 74.1 cm³/mol. The van der Waals surface area contributed by atoms with Crippen LogP contribution in [0, 0.1) is 0 Å². The number of hydrogen-bond acceptors (Lipinski definition) is 4. The molecule has 0 amide bonds. The van der Waals surface area contributed by atoms with Gasteiger partial charge in [0.15, 0.2) is 11.5 Å². The lowest BCUT2D eigenvalue weighted by atomic mass is 10.1. The summed E-state index contributed by atoms with van der Waals surface area (Å²) in [5, 5.41) is 3.25.